The van der Waals surface area contributed by atoms with Crippen molar-refractivity contribution < 1.29 is 57.2 Å². The van der Waals surface area contributed by atoms with E-state index in [0.717, 1.165) is 38.5 Å². The Morgan fingerprint density at radius 1 is 0.592 bits per heavy atom. The Balaban J connectivity index is 1.05. The Morgan fingerprint density at radius 2 is 1.00 bits per heavy atom. The molecule has 1 fully saturated rings. The van der Waals surface area contributed by atoms with E-state index in [1.165, 1.54) is 35.3 Å². The number of rotatable bonds is 29. The van der Waals surface area contributed by atoms with Gasteiger partial charge >= 0.3 is 23.9 Å². The molecule has 0 heterocycles. The summed E-state index contributed by atoms with van der Waals surface area (Å²) in [6.07, 6.45) is 13.2. The Hall–Kier alpha value is -8.50. The average molecular weight is 965 g/mol. The predicted molar refractivity (Wildman–Crippen MR) is 261 cm³/mol. The van der Waals surface area contributed by atoms with Crippen molar-refractivity contribution in [2.45, 2.75) is 57.8 Å². The van der Waals surface area contributed by atoms with Crippen molar-refractivity contribution in [3.63, 3.8) is 0 Å². The monoisotopic (exact) mass is 964 g/mol. The number of hydrogen-bond acceptors (Lipinski definition) is 14. The van der Waals surface area contributed by atoms with Crippen LogP contribution in [-0.2, 0) is 28.7 Å². The number of hydrogen-bond donors (Lipinski definition) is 1. The molecule has 4 aromatic rings. The Labute approximate surface area is 412 Å². The topological polar surface area (TPSA) is 235 Å². The largest absolute Gasteiger partial charge is 0.494 e. The molecule has 16 heteroatoms. The highest BCUT2D eigenvalue weighted by Gasteiger charge is 2.64. The summed E-state index contributed by atoms with van der Waals surface area (Å²) in [7, 11) is 0. The molecule has 0 aliphatic heterocycles. The van der Waals surface area contributed by atoms with Crippen molar-refractivity contribution in [2.24, 2.45) is 17.1 Å². The predicted octanol–water partition coefficient (Wildman–Crippen LogP) is 8.37. The first-order chi connectivity index (χ1) is 34.4. The van der Waals surface area contributed by atoms with Crippen LogP contribution in [0.4, 0.5) is 0 Å². The minimum Gasteiger partial charge on any atom is -0.494 e. The molecule has 1 aliphatic rings. The van der Waals surface area contributed by atoms with E-state index < -0.39 is 47.0 Å². The van der Waals surface area contributed by atoms with Crippen LogP contribution in [0.25, 0.3) is 12.2 Å². The zero-order valence-corrected chi connectivity index (χ0v) is 39.3. The molecule has 0 radical (unpaired) electrons. The van der Waals surface area contributed by atoms with Crippen LogP contribution in [0, 0.1) is 34.0 Å². The first kappa shape index (κ1) is 53.5. The minimum absolute atomic E-state index is 0.132. The molecule has 0 aromatic heterocycles. The quantitative estimate of drug-likeness (QED) is 0.0134. The lowest BCUT2D eigenvalue weighted by Crippen LogP contribution is -2.47. The molecule has 368 valence electrons. The number of primary amides is 1. The summed E-state index contributed by atoms with van der Waals surface area (Å²) >= 11 is 0. The van der Waals surface area contributed by atoms with E-state index >= 15 is 0 Å². The summed E-state index contributed by atoms with van der Waals surface area (Å²) in [5.41, 5.74) is 6.05. The molecular formula is C55H56N4O12. The molecule has 16 nitrogen and oxygen atoms in total. The highest BCUT2D eigenvalue weighted by Crippen LogP contribution is 2.54. The molecule has 1 aliphatic carbocycles. The second-order valence-electron chi connectivity index (χ2n) is 16.3. The lowest BCUT2D eigenvalue weighted by atomic mass is 10.0. The van der Waals surface area contributed by atoms with Crippen LogP contribution in [0.5, 0.6) is 23.0 Å². The SMILES string of the molecule is C=CC1CC1(C(N)=O)C(=O)N(CCOC(=O)/C=C/c1ccc(OC(=O)c2ccc(OCCCCCC#N)cc2)cc1)CCOC(=O)/C=C/c1ccc(OC(=O)c2ccc(OCCCCCC#N)cc2)cc1. The van der Waals surface area contributed by atoms with E-state index in [1.54, 1.807) is 97.1 Å². The van der Waals surface area contributed by atoms with E-state index in [-0.39, 0.29) is 44.2 Å². The molecule has 71 heavy (non-hydrogen) atoms. The first-order valence-corrected chi connectivity index (χ1v) is 23.2. The van der Waals surface area contributed by atoms with Gasteiger partial charge in [-0.2, -0.15) is 10.5 Å². The molecule has 0 bridgehead atoms. The lowest BCUT2D eigenvalue weighted by molar-refractivity contribution is -0.149. The number of ether oxygens (including phenoxy) is 6. The third-order valence-corrected chi connectivity index (χ3v) is 11.2. The maximum absolute atomic E-state index is 13.7. The second-order valence-corrected chi connectivity index (χ2v) is 16.3. The van der Waals surface area contributed by atoms with E-state index in [4.69, 9.17) is 44.7 Å². The van der Waals surface area contributed by atoms with Gasteiger partial charge in [0.25, 0.3) is 0 Å². The van der Waals surface area contributed by atoms with E-state index in [9.17, 15) is 28.8 Å². The Bertz CT molecular complexity index is 2440. The van der Waals surface area contributed by atoms with Gasteiger partial charge in [-0.25, -0.2) is 19.2 Å². The van der Waals surface area contributed by atoms with Crippen molar-refractivity contribution in [2.75, 3.05) is 39.5 Å². The van der Waals surface area contributed by atoms with E-state index in [0.29, 0.717) is 59.8 Å². The minimum atomic E-state index is -1.50. The van der Waals surface area contributed by atoms with Gasteiger partial charge in [-0.3, -0.25) is 9.59 Å². The van der Waals surface area contributed by atoms with Gasteiger partial charge in [0, 0.05) is 30.9 Å². The molecule has 0 saturated heterocycles. The van der Waals surface area contributed by atoms with Crippen LogP contribution in [-0.4, -0.2) is 80.1 Å². The summed E-state index contributed by atoms with van der Waals surface area (Å²) in [6.45, 7) is 3.96. The van der Waals surface area contributed by atoms with Crippen LogP contribution in [0.1, 0.15) is 89.6 Å². The number of nitriles is 2. The fraction of sp³-hybridized carbons (Fsp3) is 0.309. The summed E-state index contributed by atoms with van der Waals surface area (Å²) in [6, 6.07) is 30.3. The number of carbonyl (C=O) groups is 6. The molecule has 2 amide bonds. The third-order valence-electron chi connectivity index (χ3n) is 11.2. The molecule has 5 rings (SSSR count). The smallest absolute Gasteiger partial charge is 0.343 e. The van der Waals surface area contributed by atoms with Gasteiger partial charge < -0.3 is 39.1 Å². The second kappa shape index (κ2) is 28.1. The van der Waals surface area contributed by atoms with E-state index in [2.05, 4.69) is 18.7 Å². The van der Waals surface area contributed by atoms with Crippen molar-refractivity contribution >= 4 is 47.8 Å². The average Bonchev–Trinajstić information content (AvgIpc) is 4.14. The normalized spacial score (nSPS) is 14.6. The highest BCUT2D eigenvalue weighted by atomic mass is 16.5. The molecule has 1 saturated carbocycles. The molecule has 4 aromatic carbocycles. The maximum Gasteiger partial charge on any atom is 0.343 e. The lowest BCUT2D eigenvalue weighted by Gasteiger charge is -2.26. The van der Waals surface area contributed by atoms with Gasteiger partial charge in [-0.05, 0) is 141 Å². The number of nitrogens with two attached hydrogens (primary N) is 1. The first-order valence-electron chi connectivity index (χ1n) is 23.2. The molecule has 2 N–H and O–H groups in total. The van der Waals surface area contributed by atoms with Crippen molar-refractivity contribution in [3.05, 3.63) is 144 Å². The van der Waals surface area contributed by atoms with Crippen LogP contribution in [0.15, 0.2) is 122 Å². The molecule has 0 spiro atoms. The van der Waals surface area contributed by atoms with Crippen LogP contribution in [0.2, 0.25) is 0 Å². The number of allylic oxidation sites excluding steroid dienone is 1. The van der Waals surface area contributed by atoms with Gasteiger partial charge in [0.2, 0.25) is 11.8 Å². The third kappa shape index (κ3) is 17.2. The van der Waals surface area contributed by atoms with E-state index in [1.807, 2.05) is 0 Å². The number of carbonyl (C=O) groups excluding carboxylic acids is 6. The van der Waals surface area contributed by atoms with Gasteiger partial charge in [0.15, 0.2) is 0 Å². The van der Waals surface area contributed by atoms with Crippen LogP contribution < -0.4 is 24.7 Å². The van der Waals surface area contributed by atoms with Crippen LogP contribution in [0.3, 0.4) is 0 Å². The zero-order chi connectivity index (χ0) is 50.9. The number of esters is 4. The summed E-state index contributed by atoms with van der Waals surface area (Å²) in [5.74, 6) is -2.61. The number of nitrogens with zero attached hydrogens (tertiary/aromatic N) is 3. The fourth-order valence-corrected chi connectivity index (χ4v) is 7.09. The molecule has 2 atom stereocenters. The Kier molecular flexibility index (Phi) is 21.2. The molecular weight excluding hydrogens is 909 g/mol. The fourth-order valence-electron chi connectivity index (χ4n) is 7.09. The maximum atomic E-state index is 13.7. The number of amides is 2. The van der Waals surface area contributed by atoms with Gasteiger partial charge in [0.1, 0.15) is 41.6 Å². The van der Waals surface area contributed by atoms with Gasteiger partial charge in [0.05, 0.1) is 49.6 Å². The standard InChI is InChI=1S/C55H56N4O12/c1-2-44-39-55(44,53(58)64)54(65)59(33-37-68-49(60)29-15-40-11-21-47(22-12-40)70-51(62)42-17-25-45(26-18-42)66-35-9-5-3-7-31-56)34-38-69-50(61)30-16-41-13-23-48(24-14-41)71-52(63)43-19-27-46(28-20-43)67-36-10-6-4-8-32-57/h2,11-30,44H,1,3-10,33-39H2,(H2,58,64)/b29-15+,30-16+. The van der Waals surface area contributed by atoms with Crippen LogP contribution >= 0.6 is 0 Å². The van der Waals surface area contributed by atoms with Gasteiger partial charge in [-0.1, -0.05) is 30.3 Å². The summed E-state index contributed by atoms with van der Waals surface area (Å²) in [5, 5.41) is 17.3. The van der Waals surface area contributed by atoms with Crippen molar-refractivity contribution in [1.82, 2.24) is 4.90 Å². The number of unbranched alkanes of at least 4 members (excludes halogenated alkanes) is 6. The number of benzene rings is 4. The van der Waals surface area contributed by atoms with Crippen molar-refractivity contribution in [3.8, 4) is 35.1 Å². The van der Waals surface area contributed by atoms with Gasteiger partial charge in [-0.15, -0.1) is 6.58 Å². The highest BCUT2D eigenvalue weighted by molar-refractivity contribution is 6.08. The summed E-state index contributed by atoms with van der Waals surface area (Å²) < 4.78 is 33.1. The van der Waals surface area contributed by atoms with Crippen molar-refractivity contribution in [1.29, 1.82) is 10.5 Å². The summed E-state index contributed by atoms with van der Waals surface area (Å²) in [4.78, 5) is 78.2. The zero-order valence-electron chi connectivity index (χ0n) is 39.3. The Morgan fingerprint density at radius 3 is 1.37 bits per heavy atom. The molecule has 2 unspecified atom stereocenters.